The summed E-state index contributed by atoms with van der Waals surface area (Å²) < 4.78 is 37.3. The fourth-order valence-corrected chi connectivity index (χ4v) is 2.78. The van der Waals surface area contributed by atoms with Gasteiger partial charge >= 0.3 is 6.18 Å². The number of rotatable bonds is 1. The van der Waals surface area contributed by atoms with E-state index in [1.807, 2.05) is 0 Å². The molecule has 0 spiro atoms. The standard InChI is InChI=1S/C12H14F3N3.2ClH/c13-12(14,15)10-1-2-11(17-5-10)18-6-8-3-16-4-9(8)7-18;;/h1-2,5,8-9,16H,3-4,6-7H2;2*1H. The Hall–Kier alpha value is -0.720. The second-order valence-electron chi connectivity index (χ2n) is 4.99. The van der Waals surface area contributed by atoms with E-state index in [1.165, 1.54) is 6.07 Å². The molecule has 0 saturated carbocycles. The van der Waals surface area contributed by atoms with Gasteiger partial charge in [-0.1, -0.05) is 0 Å². The van der Waals surface area contributed by atoms with Gasteiger partial charge in [-0.15, -0.1) is 24.8 Å². The second kappa shape index (κ2) is 6.37. The molecule has 0 bridgehead atoms. The SMILES string of the molecule is Cl.Cl.FC(F)(F)c1ccc(N2CC3CNCC3C2)nc1. The first-order chi connectivity index (χ1) is 8.54. The fraction of sp³-hybridized carbons (Fsp3) is 0.583. The Labute approximate surface area is 127 Å². The monoisotopic (exact) mass is 329 g/mol. The molecule has 2 atom stereocenters. The van der Waals surface area contributed by atoms with Crippen molar-refractivity contribution in [2.75, 3.05) is 31.1 Å². The number of hydrogen-bond donors (Lipinski definition) is 1. The van der Waals surface area contributed by atoms with E-state index in [0.717, 1.165) is 38.4 Å². The largest absolute Gasteiger partial charge is 0.417 e. The highest BCUT2D eigenvalue weighted by Gasteiger charge is 2.37. The molecule has 3 heterocycles. The summed E-state index contributed by atoms with van der Waals surface area (Å²) in [6, 6.07) is 2.58. The average Bonchev–Trinajstić information content (AvgIpc) is 2.88. The maximum atomic E-state index is 12.4. The molecule has 0 radical (unpaired) electrons. The zero-order valence-corrected chi connectivity index (χ0v) is 12.2. The lowest BCUT2D eigenvalue weighted by Gasteiger charge is -2.18. The van der Waals surface area contributed by atoms with Crippen LogP contribution in [-0.2, 0) is 6.18 Å². The van der Waals surface area contributed by atoms with Crippen LogP contribution in [0.2, 0.25) is 0 Å². The maximum Gasteiger partial charge on any atom is 0.417 e. The van der Waals surface area contributed by atoms with Crippen molar-refractivity contribution in [1.82, 2.24) is 10.3 Å². The molecule has 2 aliphatic heterocycles. The van der Waals surface area contributed by atoms with Gasteiger partial charge in [-0.2, -0.15) is 13.2 Å². The summed E-state index contributed by atoms with van der Waals surface area (Å²) in [7, 11) is 0. The normalized spacial score (nSPS) is 24.9. The van der Waals surface area contributed by atoms with Crippen LogP contribution in [0.15, 0.2) is 18.3 Å². The Bertz CT molecular complexity index is 427. The second-order valence-corrected chi connectivity index (χ2v) is 4.99. The van der Waals surface area contributed by atoms with Crippen LogP contribution in [0.1, 0.15) is 5.56 Å². The Morgan fingerprint density at radius 3 is 2.15 bits per heavy atom. The van der Waals surface area contributed by atoms with Crippen molar-refractivity contribution in [2.45, 2.75) is 6.18 Å². The minimum Gasteiger partial charge on any atom is -0.356 e. The van der Waals surface area contributed by atoms with Crippen LogP contribution in [0.5, 0.6) is 0 Å². The first-order valence-electron chi connectivity index (χ1n) is 6.03. The van der Waals surface area contributed by atoms with Gasteiger partial charge in [0.1, 0.15) is 5.82 Å². The van der Waals surface area contributed by atoms with Gasteiger partial charge in [0, 0.05) is 32.4 Å². The van der Waals surface area contributed by atoms with E-state index in [0.29, 0.717) is 17.7 Å². The molecular weight excluding hydrogens is 314 g/mol. The van der Waals surface area contributed by atoms with E-state index in [2.05, 4.69) is 15.2 Å². The van der Waals surface area contributed by atoms with Crippen molar-refractivity contribution < 1.29 is 13.2 Å². The van der Waals surface area contributed by atoms with Crippen LogP contribution in [0, 0.1) is 11.8 Å². The third kappa shape index (κ3) is 3.30. The molecule has 0 amide bonds. The van der Waals surface area contributed by atoms with Crippen LogP contribution in [0.4, 0.5) is 19.0 Å². The lowest BCUT2D eigenvalue weighted by atomic mass is 10.0. The van der Waals surface area contributed by atoms with Gasteiger partial charge in [-0.25, -0.2) is 4.98 Å². The predicted octanol–water partition coefficient (Wildman–Crippen LogP) is 2.60. The van der Waals surface area contributed by atoms with Crippen molar-refractivity contribution in [3.05, 3.63) is 23.9 Å². The summed E-state index contributed by atoms with van der Waals surface area (Å²) in [6.07, 6.45) is -3.39. The highest BCUT2D eigenvalue weighted by molar-refractivity contribution is 5.85. The van der Waals surface area contributed by atoms with Crippen LogP contribution < -0.4 is 10.2 Å². The van der Waals surface area contributed by atoms with E-state index in [-0.39, 0.29) is 24.8 Å². The summed E-state index contributed by atoms with van der Waals surface area (Å²) in [5.41, 5.74) is -0.688. The minimum absolute atomic E-state index is 0. The summed E-state index contributed by atoms with van der Waals surface area (Å²) in [6.45, 7) is 3.77. The third-order valence-corrected chi connectivity index (χ3v) is 3.79. The lowest BCUT2D eigenvalue weighted by molar-refractivity contribution is -0.137. The molecular formula is C12H16Cl2F3N3. The number of hydrogen-bond acceptors (Lipinski definition) is 3. The summed E-state index contributed by atoms with van der Waals surface area (Å²) in [5.74, 6) is 1.86. The number of anilines is 1. The molecule has 2 aliphatic rings. The molecule has 114 valence electrons. The quantitative estimate of drug-likeness (QED) is 0.858. The van der Waals surface area contributed by atoms with Crippen LogP contribution in [0.3, 0.4) is 0 Å². The lowest BCUT2D eigenvalue weighted by Crippen LogP contribution is -2.26. The maximum absolute atomic E-state index is 12.4. The van der Waals surface area contributed by atoms with Crippen molar-refractivity contribution in [2.24, 2.45) is 11.8 Å². The number of halogens is 5. The smallest absolute Gasteiger partial charge is 0.356 e. The molecule has 20 heavy (non-hydrogen) atoms. The molecule has 8 heteroatoms. The van der Waals surface area contributed by atoms with E-state index in [4.69, 9.17) is 0 Å². The Morgan fingerprint density at radius 1 is 1.10 bits per heavy atom. The minimum atomic E-state index is -4.31. The Kier molecular flexibility index (Phi) is 5.52. The fourth-order valence-electron chi connectivity index (χ4n) is 2.78. The highest BCUT2D eigenvalue weighted by Crippen LogP contribution is 2.32. The predicted molar refractivity (Wildman–Crippen MR) is 75.8 cm³/mol. The zero-order chi connectivity index (χ0) is 12.8. The van der Waals surface area contributed by atoms with Crippen LogP contribution >= 0.6 is 24.8 Å². The van der Waals surface area contributed by atoms with Gasteiger partial charge in [0.15, 0.2) is 0 Å². The first kappa shape index (κ1) is 17.3. The molecule has 0 aliphatic carbocycles. The highest BCUT2D eigenvalue weighted by atomic mass is 35.5. The van der Waals surface area contributed by atoms with Gasteiger partial charge in [-0.05, 0) is 24.0 Å². The molecule has 3 nitrogen and oxygen atoms in total. The number of nitrogens with one attached hydrogen (secondary N) is 1. The summed E-state index contributed by atoms with van der Waals surface area (Å²) in [4.78, 5) is 6.02. The average molecular weight is 330 g/mol. The number of fused-ring (bicyclic) bond motifs is 1. The van der Waals surface area contributed by atoms with Gasteiger partial charge in [-0.3, -0.25) is 0 Å². The van der Waals surface area contributed by atoms with Crippen LogP contribution in [-0.4, -0.2) is 31.2 Å². The molecule has 2 unspecified atom stereocenters. The van der Waals surface area contributed by atoms with Crippen molar-refractivity contribution >= 4 is 30.6 Å². The number of pyridine rings is 1. The molecule has 2 fully saturated rings. The topological polar surface area (TPSA) is 28.2 Å². The zero-order valence-electron chi connectivity index (χ0n) is 10.6. The molecule has 1 aromatic rings. The molecule has 1 aromatic heterocycles. The third-order valence-electron chi connectivity index (χ3n) is 3.79. The van der Waals surface area contributed by atoms with Gasteiger partial charge in [0.2, 0.25) is 0 Å². The molecule has 1 N–H and O–H groups in total. The number of aromatic nitrogens is 1. The molecule has 2 saturated heterocycles. The number of alkyl halides is 3. The van der Waals surface area contributed by atoms with Gasteiger partial charge in [0.05, 0.1) is 5.56 Å². The van der Waals surface area contributed by atoms with E-state index < -0.39 is 11.7 Å². The Morgan fingerprint density at radius 2 is 1.70 bits per heavy atom. The summed E-state index contributed by atoms with van der Waals surface area (Å²) in [5, 5.41) is 3.33. The summed E-state index contributed by atoms with van der Waals surface area (Å²) >= 11 is 0. The van der Waals surface area contributed by atoms with Crippen molar-refractivity contribution in [3.63, 3.8) is 0 Å². The van der Waals surface area contributed by atoms with E-state index in [1.54, 1.807) is 0 Å². The van der Waals surface area contributed by atoms with Gasteiger partial charge in [0.25, 0.3) is 0 Å². The first-order valence-corrected chi connectivity index (χ1v) is 6.03. The van der Waals surface area contributed by atoms with Crippen LogP contribution in [0.25, 0.3) is 0 Å². The number of nitrogens with zero attached hydrogens (tertiary/aromatic N) is 2. The van der Waals surface area contributed by atoms with Crippen molar-refractivity contribution in [3.8, 4) is 0 Å². The van der Waals surface area contributed by atoms with E-state index in [9.17, 15) is 13.2 Å². The molecule has 3 rings (SSSR count). The van der Waals surface area contributed by atoms with E-state index >= 15 is 0 Å². The van der Waals surface area contributed by atoms with Crippen molar-refractivity contribution in [1.29, 1.82) is 0 Å². The molecule has 0 aromatic carbocycles. The van der Waals surface area contributed by atoms with Gasteiger partial charge < -0.3 is 10.2 Å². The Balaban J connectivity index is 0.000001000.